The average Bonchev–Trinajstić information content (AvgIpc) is 3.17. The van der Waals surface area contributed by atoms with Gasteiger partial charge in [0.2, 0.25) is 0 Å². The fourth-order valence-electron chi connectivity index (χ4n) is 5.23. The highest BCUT2D eigenvalue weighted by molar-refractivity contribution is 5.25. The number of aromatic nitrogens is 3. The van der Waals surface area contributed by atoms with Gasteiger partial charge in [0.1, 0.15) is 17.5 Å². The summed E-state index contributed by atoms with van der Waals surface area (Å²) in [6, 6.07) is 3.20. The predicted octanol–water partition coefficient (Wildman–Crippen LogP) is 3.54. The van der Waals surface area contributed by atoms with E-state index in [1.807, 2.05) is 0 Å². The van der Waals surface area contributed by atoms with Crippen LogP contribution in [0.3, 0.4) is 0 Å². The van der Waals surface area contributed by atoms with Crippen molar-refractivity contribution in [3.8, 4) is 0 Å². The largest absolute Gasteiger partial charge is 0.347 e. The third kappa shape index (κ3) is 2.22. The Kier molecular flexibility index (Phi) is 3.21. The summed E-state index contributed by atoms with van der Waals surface area (Å²) in [5.74, 6) is 0.359. The Morgan fingerprint density at radius 3 is 2.28 bits per heavy atom. The van der Waals surface area contributed by atoms with Crippen LogP contribution in [0.2, 0.25) is 0 Å². The Hall–Kier alpha value is -1.98. The van der Waals surface area contributed by atoms with Crippen LogP contribution in [0.5, 0.6) is 0 Å². The molecule has 0 N–H and O–H groups in total. The first-order valence-corrected chi connectivity index (χ1v) is 9.23. The molecule has 2 aromatic rings. The molecule has 4 nitrogen and oxygen atoms in total. The van der Waals surface area contributed by atoms with Gasteiger partial charge in [0.05, 0.1) is 11.6 Å². The van der Waals surface area contributed by atoms with Crippen molar-refractivity contribution in [2.75, 3.05) is 0 Å². The molecule has 6 heteroatoms. The highest BCUT2D eigenvalue weighted by atomic mass is 19.1. The Labute approximate surface area is 144 Å². The third-order valence-electron chi connectivity index (χ3n) is 6.61. The molecular weight excluding hydrogens is 324 g/mol. The number of hydrogen-bond acceptors (Lipinski definition) is 2. The minimum atomic E-state index is -0.604. The molecule has 1 aliphatic heterocycles. The number of benzene rings is 1. The number of aryl methyl sites for hydroxylation is 1. The first-order valence-electron chi connectivity index (χ1n) is 9.23. The maximum absolute atomic E-state index is 13.6. The van der Waals surface area contributed by atoms with Crippen LogP contribution in [0.15, 0.2) is 23.0 Å². The number of rotatable bonds is 2. The first-order chi connectivity index (χ1) is 12.1. The van der Waals surface area contributed by atoms with Gasteiger partial charge in [-0.1, -0.05) is 0 Å². The van der Waals surface area contributed by atoms with E-state index >= 15 is 0 Å². The lowest BCUT2D eigenvalue weighted by Crippen LogP contribution is -2.48. The molecule has 0 radical (unpaired) electrons. The summed E-state index contributed by atoms with van der Waals surface area (Å²) in [4.78, 5) is 13.2. The molecule has 3 saturated carbocycles. The van der Waals surface area contributed by atoms with Gasteiger partial charge >= 0.3 is 5.69 Å². The Morgan fingerprint density at radius 1 is 1.00 bits per heavy atom. The fraction of sp³-hybridized carbons (Fsp3) is 0.579. The normalized spacial score (nSPS) is 30.6. The second kappa shape index (κ2) is 5.26. The SMILES string of the molecule is O=c1n(C23CCC(CC2)CC3)nc2n1[C@H](c1cc(F)cc(F)c1)CC2. The molecular formula is C19H21F2N3O. The average molecular weight is 345 g/mol. The van der Waals surface area contributed by atoms with Crippen molar-refractivity contribution in [3.05, 3.63) is 51.7 Å². The van der Waals surface area contributed by atoms with E-state index in [0.29, 0.717) is 18.4 Å². The second-order valence-electron chi connectivity index (χ2n) is 7.94. The van der Waals surface area contributed by atoms with Gasteiger partial charge in [-0.2, -0.15) is 5.10 Å². The summed E-state index contributed by atoms with van der Waals surface area (Å²) in [7, 11) is 0. The molecule has 1 aromatic carbocycles. The summed E-state index contributed by atoms with van der Waals surface area (Å²) in [5.41, 5.74) is 0.270. The van der Waals surface area contributed by atoms with Crippen LogP contribution in [0, 0.1) is 17.6 Å². The van der Waals surface area contributed by atoms with Crippen LogP contribution in [0.1, 0.15) is 62.4 Å². The van der Waals surface area contributed by atoms with Gasteiger partial charge < -0.3 is 0 Å². The summed E-state index contributed by atoms with van der Waals surface area (Å²) in [5, 5.41) is 4.68. The summed E-state index contributed by atoms with van der Waals surface area (Å²) < 4.78 is 30.6. The zero-order chi connectivity index (χ0) is 17.2. The molecule has 2 bridgehead atoms. The number of fused-ring (bicyclic) bond motifs is 4. The van der Waals surface area contributed by atoms with Crippen molar-refractivity contribution in [3.63, 3.8) is 0 Å². The van der Waals surface area contributed by atoms with Crippen molar-refractivity contribution in [2.24, 2.45) is 5.92 Å². The van der Waals surface area contributed by atoms with Gasteiger partial charge in [0.25, 0.3) is 0 Å². The minimum absolute atomic E-state index is 0.109. The standard InChI is InChI=1S/C19H21F2N3O/c20-14-9-13(10-15(21)11-14)16-1-2-17-22-24(18(25)23(16)17)19-6-3-12(4-7-19)5-8-19/h9-12,16H,1-8H2/t12?,16-,19?/m0/s1. The van der Waals surface area contributed by atoms with Gasteiger partial charge in [0, 0.05) is 12.5 Å². The first kappa shape index (κ1) is 15.3. The summed E-state index contributed by atoms with van der Waals surface area (Å²) in [6.45, 7) is 0. The Balaban J connectivity index is 1.58. The molecule has 25 heavy (non-hydrogen) atoms. The molecule has 132 valence electrons. The van der Waals surface area contributed by atoms with E-state index in [9.17, 15) is 13.6 Å². The van der Waals surface area contributed by atoms with E-state index in [0.717, 1.165) is 37.1 Å². The van der Waals surface area contributed by atoms with Crippen LogP contribution < -0.4 is 5.69 Å². The maximum atomic E-state index is 13.6. The fourth-order valence-corrected chi connectivity index (χ4v) is 5.23. The van der Waals surface area contributed by atoms with Crippen LogP contribution in [-0.2, 0) is 12.0 Å². The number of hydrogen-bond donors (Lipinski definition) is 0. The minimum Gasteiger partial charge on any atom is -0.271 e. The van der Waals surface area contributed by atoms with Crippen LogP contribution in [0.4, 0.5) is 8.78 Å². The summed E-state index contributed by atoms with van der Waals surface area (Å²) in [6.07, 6.45) is 7.92. The quantitative estimate of drug-likeness (QED) is 0.835. The predicted molar refractivity (Wildman–Crippen MR) is 88.5 cm³/mol. The van der Waals surface area contributed by atoms with Crippen molar-refractivity contribution in [2.45, 2.75) is 62.9 Å². The summed E-state index contributed by atoms with van der Waals surface area (Å²) >= 11 is 0. The molecule has 0 unspecified atom stereocenters. The lowest BCUT2D eigenvalue weighted by molar-refractivity contribution is 0.0585. The zero-order valence-corrected chi connectivity index (χ0v) is 14.0. The molecule has 0 amide bonds. The van der Waals surface area contributed by atoms with Gasteiger partial charge in [0.15, 0.2) is 0 Å². The van der Waals surface area contributed by atoms with E-state index in [-0.39, 0.29) is 17.3 Å². The molecule has 1 aromatic heterocycles. The van der Waals surface area contributed by atoms with Crippen molar-refractivity contribution >= 4 is 0 Å². The van der Waals surface area contributed by atoms with Crippen molar-refractivity contribution < 1.29 is 8.78 Å². The molecule has 0 spiro atoms. The van der Waals surface area contributed by atoms with E-state index in [2.05, 4.69) is 5.10 Å². The highest BCUT2D eigenvalue weighted by Gasteiger charge is 2.45. The van der Waals surface area contributed by atoms with Gasteiger partial charge in [-0.3, -0.25) is 4.57 Å². The monoisotopic (exact) mass is 345 g/mol. The van der Waals surface area contributed by atoms with Crippen molar-refractivity contribution in [1.29, 1.82) is 0 Å². The zero-order valence-electron chi connectivity index (χ0n) is 14.0. The van der Waals surface area contributed by atoms with Crippen LogP contribution in [-0.4, -0.2) is 14.3 Å². The molecule has 2 heterocycles. The van der Waals surface area contributed by atoms with Crippen LogP contribution >= 0.6 is 0 Å². The van der Waals surface area contributed by atoms with Crippen LogP contribution in [0.25, 0.3) is 0 Å². The molecule has 6 rings (SSSR count). The van der Waals surface area contributed by atoms with Crippen molar-refractivity contribution in [1.82, 2.24) is 14.3 Å². The second-order valence-corrected chi connectivity index (χ2v) is 7.94. The number of nitrogens with zero attached hydrogens (tertiary/aromatic N) is 3. The lowest BCUT2D eigenvalue weighted by Gasteiger charge is -2.45. The Morgan fingerprint density at radius 2 is 1.64 bits per heavy atom. The van der Waals surface area contributed by atoms with E-state index < -0.39 is 11.6 Å². The maximum Gasteiger partial charge on any atom is 0.347 e. The molecule has 4 aliphatic rings. The Bertz CT molecular complexity index is 859. The topological polar surface area (TPSA) is 39.8 Å². The van der Waals surface area contributed by atoms with E-state index in [1.165, 1.54) is 31.4 Å². The van der Waals surface area contributed by atoms with Gasteiger partial charge in [-0.25, -0.2) is 18.3 Å². The third-order valence-corrected chi connectivity index (χ3v) is 6.61. The van der Waals surface area contributed by atoms with Gasteiger partial charge in [-0.15, -0.1) is 0 Å². The number of halogens is 2. The smallest absolute Gasteiger partial charge is 0.271 e. The lowest BCUT2D eigenvalue weighted by atomic mass is 9.66. The molecule has 1 atom stereocenters. The molecule has 3 aliphatic carbocycles. The molecule has 0 saturated heterocycles. The van der Waals surface area contributed by atoms with E-state index in [4.69, 9.17) is 0 Å². The highest BCUT2D eigenvalue weighted by Crippen LogP contribution is 2.48. The van der Waals surface area contributed by atoms with Gasteiger partial charge in [-0.05, 0) is 68.6 Å². The van der Waals surface area contributed by atoms with E-state index in [1.54, 1.807) is 9.25 Å². The molecule has 3 fully saturated rings.